The number of anilines is 1. The number of thiophene rings is 1. The first-order valence-corrected chi connectivity index (χ1v) is 6.91. The van der Waals surface area contributed by atoms with Crippen LogP contribution in [0.2, 0.25) is 0 Å². The summed E-state index contributed by atoms with van der Waals surface area (Å²) in [4.78, 5) is 8.96. The smallest absolute Gasteiger partial charge is 0.163 e. The van der Waals surface area contributed by atoms with E-state index < -0.39 is 0 Å². The van der Waals surface area contributed by atoms with Crippen molar-refractivity contribution >= 4 is 17.2 Å². The summed E-state index contributed by atoms with van der Waals surface area (Å²) in [5, 5.41) is 4.14. The van der Waals surface area contributed by atoms with Crippen LogP contribution in [0.3, 0.4) is 0 Å². The van der Waals surface area contributed by atoms with E-state index >= 15 is 0 Å². The second-order valence-electron chi connectivity index (χ2n) is 4.34. The average molecular weight is 267 g/mol. The Kier molecular flexibility index (Phi) is 3.01. The molecule has 0 aliphatic carbocycles. The quantitative estimate of drug-likeness (QED) is 0.769. The molecule has 0 spiro atoms. The van der Waals surface area contributed by atoms with Gasteiger partial charge < -0.3 is 5.73 Å². The van der Waals surface area contributed by atoms with E-state index in [1.807, 2.05) is 30.3 Å². The van der Waals surface area contributed by atoms with Gasteiger partial charge >= 0.3 is 0 Å². The van der Waals surface area contributed by atoms with Gasteiger partial charge in [-0.15, -0.1) is 0 Å². The predicted octanol–water partition coefficient (Wildman–Crippen LogP) is 3.76. The lowest BCUT2D eigenvalue weighted by Crippen LogP contribution is -1.98. The molecule has 19 heavy (non-hydrogen) atoms. The van der Waals surface area contributed by atoms with E-state index in [1.54, 1.807) is 17.4 Å². The molecule has 4 heteroatoms. The van der Waals surface area contributed by atoms with Crippen molar-refractivity contribution in [3.63, 3.8) is 0 Å². The Morgan fingerprint density at radius 2 is 1.84 bits per heavy atom. The van der Waals surface area contributed by atoms with Gasteiger partial charge in [0.25, 0.3) is 0 Å². The Labute approximate surface area is 115 Å². The number of benzene rings is 1. The summed E-state index contributed by atoms with van der Waals surface area (Å²) < 4.78 is 0. The third kappa shape index (κ3) is 2.35. The van der Waals surface area contributed by atoms with E-state index in [0.717, 1.165) is 16.8 Å². The lowest BCUT2D eigenvalue weighted by Gasteiger charge is -2.05. The second-order valence-corrected chi connectivity index (χ2v) is 5.08. The van der Waals surface area contributed by atoms with E-state index in [9.17, 15) is 0 Å². The number of rotatable bonds is 2. The molecule has 2 N–H and O–H groups in total. The summed E-state index contributed by atoms with van der Waals surface area (Å²) >= 11 is 1.65. The van der Waals surface area contributed by atoms with Crippen LogP contribution in [0.5, 0.6) is 0 Å². The van der Waals surface area contributed by atoms with Crippen molar-refractivity contribution in [3.05, 3.63) is 52.7 Å². The molecular weight excluding hydrogens is 254 g/mol. The molecule has 0 saturated carbocycles. The molecule has 0 amide bonds. The van der Waals surface area contributed by atoms with Crippen molar-refractivity contribution in [2.75, 3.05) is 5.73 Å². The summed E-state index contributed by atoms with van der Waals surface area (Å²) in [7, 11) is 0. The summed E-state index contributed by atoms with van der Waals surface area (Å²) in [6.07, 6.45) is 0. The van der Waals surface area contributed by atoms with Gasteiger partial charge in [-0.2, -0.15) is 11.3 Å². The Hall–Kier alpha value is -2.20. The fourth-order valence-electron chi connectivity index (χ4n) is 1.93. The Bertz CT molecular complexity index is 704. The van der Waals surface area contributed by atoms with Crippen LogP contribution in [0.15, 0.2) is 47.2 Å². The molecule has 2 aromatic heterocycles. The van der Waals surface area contributed by atoms with Crippen molar-refractivity contribution in [3.8, 4) is 22.6 Å². The molecule has 3 nitrogen and oxygen atoms in total. The molecule has 1 aromatic carbocycles. The van der Waals surface area contributed by atoms with Crippen molar-refractivity contribution in [2.45, 2.75) is 6.92 Å². The molecule has 0 aliphatic rings. The zero-order valence-corrected chi connectivity index (χ0v) is 11.3. The highest BCUT2D eigenvalue weighted by Gasteiger charge is 2.09. The minimum Gasteiger partial charge on any atom is -0.384 e. The number of nitrogens with zero attached hydrogens (tertiary/aromatic N) is 2. The SMILES string of the molecule is Cc1cscc1-c1nc(N)cc(-c2ccccc2)n1. The molecular formula is C15H13N3S. The second kappa shape index (κ2) is 4.82. The predicted molar refractivity (Wildman–Crippen MR) is 79.9 cm³/mol. The van der Waals surface area contributed by atoms with Crippen LogP contribution in [0, 0.1) is 6.92 Å². The van der Waals surface area contributed by atoms with Gasteiger partial charge in [0.1, 0.15) is 5.82 Å². The summed E-state index contributed by atoms with van der Waals surface area (Å²) in [5.41, 5.74) is 10.0. The van der Waals surface area contributed by atoms with Gasteiger partial charge in [-0.3, -0.25) is 0 Å². The van der Waals surface area contributed by atoms with E-state index in [0.29, 0.717) is 11.6 Å². The lowest BCUT2D eigenvalue weighted by atomic mass is 10.1. The minimum atomic E-state index is 0.495. The van der Waals surface area contributed by atoms with Gasteiger partial charge in [-0.05, 0) is 17.9 Å². The topological polar surface area (TPSA) is 51.8 Å². The van der Waals surface area contributed by atoms with Crippen LogP contribution in [-0.2, 0) is 0 Å². The molecule has 0 atom stereocenters. The number of hydrogen-bond acceptors (Lipinski definition) is 4. The number of aromatic nitrogens is 2. The van der Waals surface area contributed by atoms with E-state index in [4.69, 9.17) is 5.73 Å². The van der Waals surface area contributed by atoms with E-state index in [2.05, 4.69) is 27.7 Å². The Balaban J connectivity index is 2.14. The standard InChI is InChI=1S/C15H13N3S/c1-10-8-19-9-12(10)15-17-13(7-14(16)18-15)11-5-3-2-4-6-11/h2-9H,1H3,(H2,16,17,18). The third-order valence-electron chi connectivity index (χ3n) is 2.91. The third-order valence-corrected chi connectivity index (χ3v) is 3.77. The molecule has 0 bridgehead atoms. The van der Waals surface area contributed by atoms with Gasteiger partial charge in [-0.1, -0.05) is 30.3 Å². The highest BCUT2D eigenvalue weighted by Crippen LogP contribution is 2.27. The first-order chi connectivity index (χ1) is 9.24. The number of hydrogen-bond donors (Lipinski definition) is 1. The lowest BCUT2D eigenvalue weighted by molar-refractivity contribution is 1.18. The maximum atomic E-state index is 5.91. The molecule has 0 aliphatic heterocycles. The van der Waals surface area contributed by atoms with Crippen molar-refractivity contribution in [2.24, 2.45) is 0 Å². The molecule has 94 valence electrons. The summed E-state index contributed by atoms with van der Waals surface area (Å²) in [6.45, 7) is 2.06. The van der Waals surface area contributed by atoms with E-state index in [-0.39, 0.29) is 0 Å². The van der Waals surface area contributed by atoms with Crippen LogP contribution in [0.4, 0.5) is 5.82 Å². The molecule has 3 aromatic rings. The molecule has 3 rings (SSSR count). The molecule has 0 radical (unpaired) electrons. The van der Waals surface area contributed by atoms with Gasteiger partial charge in [0, 0.05) is 22.6 Å². The van der Waals surface area contributed by atoms with Crippen molar-refractivity contribution < 1.29 is 0 Å². The molecule has 2 heterocycles. The first-order valence-electron chi connectivity index (χ1n) is 5.97. The van der Waals surface area contributed by atoms with Crippen LogP contribution in [0.1, 0.15) is 5.56 Å². The van der Waals surface area contributed by atoms with Gasteiger partial charge in [0.15, 0.2) is 5.82 Å². The van der Waals surface area contributed by atoms with Crippen LogP contribution >= 0.6 is 11.3 Å². The first kappa shape index (κ1) is 11.9. The number of aryl methyl sites for hydroxylation is 1. The van der Waals surface area contributed by atoms with Crippen LogP contribution < -0.4 is 5.73 Å². The largest absolute Gasteiger partial charge is 0.384 e. The monoisotopic (exact) mass is 267 g/mol. The summed E-state index contributed by atoms with van der Waals surface area (Å²) in [6, 6.07) is 11.8. The maximum Gasteiger partial charge on any atom is 0.163 e. The number of nitrogen functional groups attached to an aromatic ring is 1. The molecule has 0 fully saturated rings. The van der Waals surface area contributed by atoms with Gasteiger partial charge in [-0.25, -0.2) is 9.97 Å². The highest BCUT2D eigenvalue weighted by molar-refractivity contribution is 7.08. The highest BCUT2D eigenvalue weighted by atomic mass is 32.1. The van der Waals surface area contributed by atoms with E-state index in [1.165, 1.54) is 5.56 Å². The van der Waals surface area contributed by atoms with Gasteiger partial charge in [0.2, 0.25) is 0 Å². The zero-order valence-electron chi connectivity index (χ0n) is 10.5. The molecule has 0 unspecified atom stereocenters. The Morgan fingerprint density at radius 1 is 1.05 bits per heavy atom. The summed E-state index contributed by atoms with van der Waals surface area (Å²) in [5.74, 6) is 1.19. The molecule has 0 saturated heterocycles. The average Bonchev–Trinajstić information content (AvgIpc) is 2.85. The Morgan fingerprint density at radius 3 is 2.53 bits per heavy atom. The number of nitrogens with two attached hydrogens (primary N) is 1. The van der Waals surface area contributed by atoms with Crippen LogP contribution in [0.25, 0.3) is 22.6 Å². The van der Waals surface area contributed by atoms with Gasteiger partial charge in [0.05, 0.1) is 5.69 Å². The fourth-order valence-corrected chi connectivity index (χ4v) is 2.76. The van der Waals surface area contributed by atoms with Crippen molar-refractivity contribution in [1.82, 2.24) is 9.97 Å². The van der Waals surface area contributed by atoms with Crippen molar-refractivity contribution in [1.29, 1.82) is 0 Å². The maximum absolute atomic E-state index is 5.91. The van der Waals surface area contributed by atoms with Crippen LogP contribution in [-0.4, -0.2) is 9.97 Å². The normalized spacial score (nSPS) is 10.6. The zero-order chi connectivity index (χ0) is 13.2. The minimum absolute atomic E-state index is 0.495. The fraction of sp³-hybridized carbons (Fsp3) is 0.0667.